The molecule has 0 saturated carbocycles. The molecule has 0 radical (unpaired) electrons. The van der Waals surface area contributed by atoms with Gasteiger partial charge in [-0.05, 0) is 106 Å². The first-order chi connectivity index (χ1) is 19.8. The molecule has 42 heavy (non-hydrogen) atoms. The zero-order valence-electron chi connectivity index (χ0n) is 25.2. The Hall–Kier alpha value is -2.79. The highest BCUT2D eigenvalue weighted by atomic mass is 79.9. The Labute approximate surface area is 257 Å². The molecule has 3 aromatic rings. The van der Waals surface area contributed by atoms with Crippen molar-refractivity contribution in [1.82, 2.24) is 14.7 Å². The Morgan fingerprint density at radius 2 is 1.48 bits per heavy atom. The third kappa shape index (κ3) is 7.22. The normalized spacial score (nSPS) is 14.7. The van der Waals surface area contributed by atoms with Crippen LogP contribution in [0.3, 0.4) is 0 Å². The average Bonchev–Trinajstić information content (AvgIpc) is 2.95. The number of piperazine rings is 1. The first kappa shape index (κ1) is 32.1. The van der Waals surface area contributed by atoms with E-state index in [-0.39, 0.29) is 23.2 Å². The summed E-state index contributed by atoms with van der Waals surface area (Å²) in [6.07, 6.45) is 0. The minimum absolute atomic E-state index is 0.130. The summed E-state index contributed by atoms with van der Waals surface area (Å²) in [5, 5.41) is 0. The number of nitrogens with one attached hydrogen (secondary N) is 1. The van der Waals surface area contributed by atoms with E-state index in [2.05, 4.69) is 37.5 Å². The molecular formula is C32H40BrFN4O3S. The maximum atomic E-state index is 14.7. The van der Waals surface area contributed by atoms with E-state index >= 15 is 0 Å². The van der Waals surface area contributed by atoms with Gasteiger partial charge in [0, 0.05) is 67.1 Å². The zero-order chi connectivity index (χ0) is 30.8. The van der Waals surface area contributed by atoms with Crippen LogP contribution in [-0.2, 0) is 16.6 Å². The van der Waals surface area contributed by atoms with Crippen molar-refractivity contribution in [1.29, 1.82) is 0 Å². The van der Waals surface area contributed by atoms with Crippen LogP contribution in [0.5, 0.6) is 0 Å². The molecule has 1 heterocycles. The maximum Gasteiger partial charge on any atom is 0.262 e. The van der Waals surface area contributed by atoms with E-state index in [1.165, 1.54) is 6.07 Å². The number of carbonyl (C=O) groups excluding carboxylic acids is 1. The molecule has 1 saturated heterocycles. The molecule has 1 aliphatic heterocycles. The Morgan fingerprint density at radius 1 is 0.905 bits per heavy atom. The van der Waals surface area contributed by atoms with Crippen molar-refractivity contribution in [2.45, 2.75) is 46.1 Å². The highest BCUT2D eigenvalue weighted by Crippen LogP contribution is 2.31. The van der Waals surface area contributed by atoms with Crippen LogP contribution in [-0.4, -0.2) is 75.3 Å². The Morgan fingerprint density at radius 3 is 2.05 bits per heavy atom. The molecule has 7 nitrogen and oxygen atoms in total. The summed E-state index contributed by atoms with van der Waals surface area (Å²) in [7, 11) is -1.76. The van der Waals surface area contributed by atoms with E-state index in [1.807, 2.05) is 34.6 Å². The molecule has 0 aromatic heterocycles. The minimum Gasteiger partial charge on any atom is -0.333 e. The van der Waals surface area contributed by atoms with Crippen molar-refractivity contribution in [3.63, 3.8) is 0 Å². The smallest absolute Gasteiger partial charge is 0.262 e. The van der Waals surface area contributed by atoms with Crippen LogP contribution < -0.4 is 4.72 Å². The standard InChI is InChI=1S/C32H40BrFN4O3S/c1-21-22(2)24(4)31(25(5)23(21)3)42(40,41)35-29-11-8-26(9-12-29)32(39)38(18-17-37-15-13-36(6)14-16-37)20-27-7-10-28(33)19-30(27)34/h7-12,19,35H,13-18,20H2,1-6H3. The first-order valence-corrected chi connectivity index (χ1v) is 16.4. The topological polar surface area (TPSA) is 73.0 Å². The van der Waals surface area contributed by atoms with Gasteiger partial charge in [-0.15, -0.1) is 0 Å². The van der Waals surface area contributed by atoms with Crippen molar-refractivity contribution in [2.24, 2.45) is 0 Å². The molecule has 0 spiro atoms. The molecule has 1 N–H and O–H groups in total. The van der Waals surface area contributed by atoms with Gasteiger partial charge in [-0.3, -0.25) is 14.4 Å². The fraction of sp³-hybridized carbons (Fsp3) is 0.406. The van der Waals surface area contributed by atoms with Gasteiger partial charge in [-0.2, -0.15) is 0 Å². The zero-order valence-corrected chi connectivity index (χ0v) is 27.6. The second-order valence-electron chi connectivity index (χ2n) is 11.2. The summed E-state index contributed by atoms with van der Waals surface area (Å²) < 4.78 is 45.0. The molecule has 10 heteroatoms. The highest BCUT2D eigenvalue weighted by molar-refractivity contribution is 9.10. The molecule has 0 bridgehead atoms. The van der Waals surface area contributed by atoms with Gasteiger partial charge in [0.25, 0.3) is 15.9 Å². The molecule has 1 aliphatic rings. The molecule has 226 valence electrons. The summed E-state index contributed by atoms with van der Waals surface area (Å²) in [5.74, 6) is -0.615. The van der Waals surface area contributed by atoms with Gasteiger partial charge in [0.1, 0.15) is 5.82 Å². The van der Waals surface area contributed by atoms with Gasteiger partial charge in [0.2, 0.25) is 0 Å². The van der Waals surface area contributed by atoms with Crippen LogP contribution in [0.2, 0.25) is 0 Å². The van der Waals surface area contributed by atoms with Crippen molar-refractivity contribution in [2.75, 3.05) is 51.0 Å². The summed E-state index contributed by atoms with van der Waals surface area (Å²) in [4.78, 5) is 20.2. The summed E-state index contributed by atoms with van der Waals surface area (Å²) in [6.45, 7) is 14.6. The van der Waals surface area contributed by atoms with Gasteiger partial charge in [-0.1, -0.05) is 22.0 Å². The van der Waals surface area contributed by atoms with E-state index in [0.29, 0.717) is 34.4 Å². The maximum absolute atomic E-state index is 14.7. The highest BCUT2D eigenvalue weighted by Gasteiger charge is 2.25. The lowest BCUT2D eigenvalue weighted by Gasteiger charge is -2.34. The number of sulfonamides is 1. The van der Waals surface area contributed by atoms with Crippen LogP contribution in [0.25, 0.3) is 0 Å². The van der Waals surface area contributed by atoms with Crippen molar-refractivity contribution in [3.8, 4) is 0 Å². The van der Waals surface area contributed by atoms with Gasteiger partial charge in [-0.25, -0.2) is 12.8 Å². The van der Waals surface area contributed by atoms with Crippen LogP contribution in [0, 0.1) is 40.4 Å². The number of carbonyl (C=O) groups is 1. The van der Waals surface area contributed by atoms with Crippen LogP contribution >= 0.6 is 15.9 Å². The lowest BCUT2D eigenvalue weighted by atomic mass is 9.95. The third-order valence-corrected chi connectivity index (χ3v) is 10.7. The van der Waals surface area contributed by atoms with Crippen molar-refractivity contribution < 1.29 is 17.6 Å². The van der Waals surface area contributed by atoms with E-state index in [0.717, 1.165) is 54.0 Å². The number of halogens is 2. The molecule has 0 unspecified atom stereocenters. The Bertz CT molecular complexity index is 1540. The van der Waals surface area contributed by atoms with E-state index in [4.69, 9.17) is 0 Å². The monoisotopic (exact) mass is 658 g/mol. The average molecular weight is 660 g/mol. The molecule has 1 fully saturated rings. The fourth-order valence-electron chi connectivity index (χ4n) is 5.38. The number of amides is 1. The summed E-state index contributed by atoms with van der Waals surface area (Å²) in [5.41, 5.74) is 5.66. The SMILES string of the molecule is Cc1c(C)c(C)c(S(=O)(=O)Nc2ccc(C(=O)N(CCN3CCN(C)CC3)Cc3ccc(Br)cc3F)cc2)c(C)c1C. The molecule has 0 atom stereocenters. The second-order valence-corrected chi connectivity index (χ2v) is 13.8. The largest absolute Gasteiger partial charge is 0.333 e. The number of benzene rings is 3. The van der Waals surface area contributed by atoms with Gasteiger partial charge < -0.3 is 9.80 Å². The molecular weight excluding hydrogens is 619 g/mol. The number of anilines is 1. The van der Waals surface area contributed by atoms with E-state index in [1.54, 1.807) is 41.3 Å². The predicted molar refractivity (Wildman–Crippen MR) is 170 cm³/mol. The van der Waals surface area contributed by atoms with Crippen LogP contribution in [0.15, 0.2) is 51.8 Å². The van der Waals surface area contributed by atoms with Crippen molar-refractivity contribution in [3.05, 3.63) is 91.7 Å². The quantitative estimate of drug-likeness (QED) is 0.314. The van der Waals surface area contributed by atoms with E-state index in [9.17, 15) is 17.6 Å². The Kier molecular flexibility index (Phi) is 10.1. The summed E-state index contributed by atoms with van der Waals surface area (Å²) in [6, 6.07) is 11.3. The lowest BCUT2D eigenvalue weighted by Crippen LogP contribution is -2.47. The van der Waals surface area contributed by atoms with Crippen LogP contribution in [0.4, 0.5) is 10.1 Å². The lowest BCUT2D eigenvalue weighted by molar-refractivity contribution is 0.0699. The number of likely N-dealkylation sites (N-methyl/N-ethyl adjacent to an activating group) is 1. The summed E-state index contributed by atoms with van der Waals surface area (Å²) >= 11 is 3.30. The number of hydrogen-bond donors (Lipinski definition) is 1. The third-order valence-electron chi connectivity index (χ3n) is 8.53. The van der Waals surface area contributed by atoms with Gasteiger partial charge in [0.05, 0.1) is 4.90 Å². The predicted octanol–water partition coefficient (Wildman–Crippen LogP) is 5.82. The molecule has 4 rings (SSSR count). The van der Waals surface area contributed by atoms with Crippen LogP contribution in [0.1, 0.15) is 43.7 Å². The number of hydrogen-bond acceptors (Lipinski definition) is 5. The molecule has 3 aromatic carbocycles. The molecule has 1 amide bonds. The number of rotatable bonds is 9. The number of nitrogens with zero attached hydrogens (tertiary/aromatic N) is 3. The van der Waals surface area contributed by atoms with Gasteiger partial charge >= 0.3 is 0 Å². The van der Waals surface area contributed by atoms with Gasteiger partial charge in [0.15, 0.2) is 0 Å². The second kappa shape index (κ2) is 13.2. The fourth-order valence-corrected chi connectivity index (χ4v) is 7.37. The Balaban J connectivity index is 1.54. The minimum atomic E-state index is -3.86. The van der Waals surface area contributed by atoms with Crippen molar-refractivity contribution >= 4 is 37.5 Å². The van der Waals surface area contributed by atoms with E-state index < -0.39 is 10.0 Å². The molecule has 0 aliphatic carbocycles. The first-order valence-electron chi connectivity index (χ1n) is 14.1.